The van der Waals surface area contributed by atoms with Crippen molar-refractivity contribution in [1.29, 1.82) is 0 Å². The standard InChI is InChI=1S/C33H49N3O6/c1-7-9-11-12-21-36(28(30(39)34-20-10-8-2)26-15-13-14-23(3)29(26)38)31(40)27(35-32(41)42-33(4,5)6)22-24-16-18-25(37)19-17-24/h13-19,27-28,37-38H,7-12,20-22H2,1-6H3,(H,34,39)(H,35,41). The van der Waals surface area contributed by atoms with Gasteiger partial charge in [-0.05, 0) is 63.8 Å². The van der Waals surface area contributed by atoms with Crippen LogP contribution < -0.4 is 10.6 Å². The van der Waals surface area contributed by atoms with Crippen LogP contribution in [0.4, 0.5) is 4.79 Å². The van der Waals surface area contributed by atoms with Gasteiger partial charge in [-0.15, -0.1) is 0 Å². The second-order valence-corrected chi connectivity index (χ2v) is 11.7. The third-order valence-corrected chi connectivity index (χ3v) is 6.85. The first kappa shape index (κ1) is 34.5. The summed E-state index contributed by atoms with van der Waals surface area (Å²) in [5.41, 5.74) is 0.833. The summed E-state index contributed by atoms with van der Waals surface area (Å²) in [4.78, 5) is 42.7. The monoisotopic (exact) mass is 583 g/mol. The van der Waals surface area contributed by atoms with Gasteiger partial charge >= 0.3 is 6.09 Å². The number of para-hydroxylation sites is 1. The molecule has 2 unspecified atom stereocenters. The molecule has 0 fully saturated rings. The van der Waals surface area contributed by atoms with Crippen molar-refractivity contribution in [3.05, 3.63) is 59.2 Å². The van der Waals surface area contributed by atoms with Crippen LogP contribution in [0.1, 0.15) is 95.9 Å². The molecular weight excluding hydrogens is 534 g/mol. The van der Waals surface area contributed by atoms with E-state index in [0.717, 1.165) is 32.1 Å². The van der Waals surface area contributed by atoms with Crippen molar-refractivity contribution in [3.63, 3.8) is 0 Å². The fourth-order valence-electron chi connectivity index (χ4n) is 4.63. The number of phenols is 2. The van der Waals surface area contributed by atoms with Crippen molar-refractivity contribution >= 4 is 17.9 Å². The molecule has 0 saturated heterocycles. The summed E-state index contributed by atoms with van der Waals surface area (Å²) in [6.07, 6.45) is 4.47. The number of phenolic OH excluding ortho intramolecular Hbond substituents is 2. The van der Waals surface area contributed by atoms with Gasteiger partial charge in [-0.3, -0.25) is 9.59 Å². The zero-order valence-electron chi connectivity index (χ0n) is 26.0. The van der Waals surface area contributed by atoms with E-state index in [9.17, 15) is 24.6 Å². The lowest BCUT2D eigenvalue weighted by atomic mass is 9.97. The maximum atomic E-state index is 14.5. The van der Waals surface area contributed by atoms with Gasteiger partial charge in [0.1, 0.15) is 29.2 Å². The molecule has 9 nitrogen and oxygen atoms in total. The highest BCUT2D eigenvalue weighted by atomic mass is 16.6. The molecule has 2 atom stereocenters. The Morgan fingerprint density at radius 2 is 1.60 bits per heavy atom. The highest BCUT2D eigenvalue weighted by molar-refractivity contribution is 5.92. The molecule has 3 amide bonds. The minimum absolute atomic E-state index is 0.0466. The van der Waals surface area contributed by atoms with Crippen LogP contribution in [0.2, 0.25) is 0 Å². The first-order valence-electron chi connectivity index (χ1n) is 15.0. The summed E-state index contributed by atoms with van der Waals surface area (Å²) in [7, 11) is 0. The third-order valence-electron chi connectivity index (χ3n) is 6.85. The van der Waals surface area contributed by atoms with Gasteiger partial charge in [0.05, 0.1) is 0 Å². The Kier molecular flexibility index (Phi) is 13.6. The minimum atomic E-state index is -1.11. The number of alkyl carbamates (subject to hydrolysis) is 1. The fraction of sp³-hybridized carbons (Fsp3) is 0.545. The predicted octanol–water partition coefficient (Wildman–Crippen LogP) is 5.91. The second-order valence-electron chi connectivity index (χ2n) is 11.7. The number of hydrogen-bond donors (Lipinski definition) is 4. The summed E-state index contributed by atoms with van der Waals surface area (Å²) in [6, 6.07) is 9.36. The van der Waals surface area contributed by atoms with E-state index in [1.807, 2.05) is 6.92 Å². The predicted molar refractivity (Wildman–Crippen MR) is 164 cm³/mol. The van der Waals surface area contributed by atoms with Crippen LogP contribution >= 0.6 is 0 Å². The Balaban J connectivity index is 2.59. The number of carbonyl (C=O) groups is 3. The number of amides is 3. The molecule has 4 N–H and O–H groups in total. The van der Waals surface area contributed by atoms with E-state index in [-0.39, 0.29) is 24.5 Å². The van der Waals surface area contributed by atoms with Gasteiger partial charge in [0, 0.05) is 25.1 Å². The van der Waals surface area contributed by atoms with Crippen molar-refractivity contribution in [2.45, 2.75) is 104 Å². The van der Waals surface area contributed by atoms with Crippen LogP contribution in [-0.4, -0.2) is 57.8 Å². The molecule has 0 heterocycles. The van der Waals surface area contributed by atoms with Crippen molar-refractivity contribution in [2.75, 3.05) is 13.1 Å². The zero-order valence-corrected chi connectivity index (χ0v) is 26.0. The molecule has 9 heteroatoms. The van der Waals surface area contributed by atoms with Crippen LogP contribution in [-0.2, 0) is 20.7 Å². The van der Waals surface area contributed by atoms with E-state index in [0.29, 0.717) is 29.7 Å². The molecule has 2 aromatic carbocycles. The van der Waals surface area contributed by atoms with Gasteiger partial charge in [0.25, 0.3) is 0 Å². The smallest absolute Gasteiger partial charge is 0.408 e. The van der Waals surface area contributed by atoms with Gasteiger partial charge in [-0.1, -0.05) is 69.9 Å². The van der Waals surface area contributed by atoms with E-state index < -0.39 is 35.6 Å². The molecule has 0 aliphatic rings. The lowest BCUT2D eigenvalue weighted by molar-refractivity contribution is -0.142. The van der Waals surface area contributed by atoms with Crippen LogP contribution in [0, 0.1) is 6.92 Å². The number of aryl methyl sites for hydroxylation is 1. The Morgan fingerprint density at radius 3 is 2.21 bits per heavy atom. The van der Waals surface area contributed by atoms with Crippen molar-refractivity contribution in [1.82, 2.24) is 15.5 Å². The Hall–Kier alpha value is -3.75. The first-order valence-corrected chi connectivity index (χ1v) is 15.0. The molecular formula is C33H49N3O6. The first-order chi connectivity index (χ1) is 19.9. The van der Waals surface area contributed by atoms with Crippen LogP contribution in [0.3, 0.4) is 0 Å². The van der Waals surface area contributed by atoms with Crippen molar-refractivity contribution < 1.29 is 29.3 Å². The Labute approximate surface area is 250 Å². The molecule has 42 heavy (non-hydrogen) atoms. The fourth-order valence-corrected chi connectivity index (χ4v) is 4.63. The molecule has 2 rings (SSSR count). The summed E-state index contributed by atoms with van der Waals surface area (Å²) < 4.78 is 5.48. The molecule has 0 aliphatic heterocycles. The largest absolute Gasteiger partial charge is 0.508 e. The molecule has 0 saturated carbocycles. The molecule has 0 aliphatic carbocycles. The van der Waals surface area contributed by atoms with Gasteiger partial charge in [-0.25, -0.2) is 4.79 Å². The zero-order chi connectivity index (χ0) is 31.3. The van der Waals surface area contributed by atoms with E-state index in [1.54, 1.807) is 58.0 Å². The number of carbonyl (C=O) groups excluding carboxylic acids is 3. The summed E-state index contributed by atoms with van der Waals surface area (Å²) in [5.74, 6) is -0.830. The quantitative estimate of drug-likeness (QED) is 0.193. The lowest BCUT2D eigenvalue weighted by Crippen LogP contribution is -2.54. The number of rotatable bonds is 15. The number of nitrogens with zero attached hydrogens (tertiary/aromatic N) is 1. The molecule has 0 radical (unpaired) electrons. The summed E-state index contributed by atoms with van der Waals surface area (Å²) >= 11 is 0. The van der Waals surface area contributed by atoms with Gasteiger partial charge in [-0.2, -0.15) is 0 Å². The van der Waals surface area contributed by atoms with Crippen molar-refractivity contribution in [2.24, 2.45) is 0 Å². The molecule has 0 spiro atoms. The summed E-state index contributed by atoms with van der Waals surface area (Å²) in [6.45, 7) is 11.8. The molecule has 232 valence electrons. The maximum Gasteiger partial charge on any atom is 0.408 e. The van der Waals surface area contributed by atoms with E-state index in [1.165, 1.54) is 17.0 Å². The molecule has 0 bridgehead atoms. The van der Waals surface area contributed by atoms with E-state index in [4.69, 9.17) is 4.74 Å². The van der Waals surface area contributed by atoms with Crippen LogP contribution in [0.5, 0.6) is 11.5 Å². The number of unbranched alkanes of at least 4 members (excludes halogenated alkanes) is 4. The number of nitrogens with one attached hydrogen (secondary N) is 2. The Morgan fingerprint density at radius 1 is 0.929 bits per heavy atom. The molecule has 0 aromatic heterocycles. The molecule has 2 aromatic rings. The highest BCUT2D eigenvalue weighted by Crippen LogP contribution is 2.33. The second kappa shape index (κ2) is 16.6. The average Bonchev–Trinajstić information content (AvgIpc) is 2.92. The normalized spacial score (nSPS) is 12.7. The van der Waals surface area contributed by atoms with E-state index in [2.05, 4.69) is 17.6 Å². The van der Waals surface area contributed by atoms with Gasteiger partial charge < -0.3 is 30.5 Å². The average molecular weight is 584 g/mol. The summed E-state index contributed by atoms with van der Waals surface area (Å²) in [5, 5.41) is 26.5. The van der Waals surface area contributed by atoms with Gasteiger partial charge in [0.15, 0.2) is 0 Å². The highest BCUT2D eigenvalue weighted by Gasteiger charge is 2.37. The van der Waals surface area contributed by atoms with Crippen LogP contribution in [0.25, 0.3) is 0 Å². The number of aromatic hydroxyl groups is 2. The third kappa shape index (κ3) is 10.9. The lowest BCUT2D eigenvalue weighted by Gasteiger charge is -2.35. The van der Waals surface area contributed by atoms with E-state index >= 15 is 0 Å². The number of hydrogen-bond acceptors (Lipinski definition) is 6. The maximum absolute atomic E-state index is 14.5. The minimum Gasteiger partial charge on any atom is -0.508 e. The number of benzene rings is 2. The number of ether oxygens (including phenoxy) is 1. The Bertz CT molecular complexity index is 1160. The van der Waals surface area contributed by atoms with Crippen molar-refractivity contribution in [3.8, 4) is 11.5 Å². The topological polar surface area (TPSA) is 128 Å². The van der Waals surface area contributed by atoms with Gasteiger partial charge in [0.2, 0.25) is 11.8 Å². The SMILES string of the molecule is CCCCCCN(C(=O)C(Cc1ccc(O)cc1)NC(=O)OC(C)(C)C)C(C(=O)NCCCC)c1cccc(C)c1O. The van der Waals surface area contributed by atoms with Crippen LogP contribution in [0.15, 0.2) is 42.5 Å².